The monoisotopic (exact) mass is 609 g/mol. The summed E-state index contributed by atoms with van der Waals surface area (Å²) in [6.45, 7) is 30.8. The van der Waals surface area contributed by atoms with Gasteiger partial charge in [-0.3, -0.25) is 0 Å². The summed E-state index contributed by atoms with van der Waals surface area (Å²) in [7, 11) is 1.43. The van der Waals surface area contributed by atoms with E-state index in [0.717, 1.165) is 64.5 Å². The number of rotatable bonds is 15. The van der Waals surface area contributed by atoms with Crippen LogP contribution in [0.1, 0.15) is 92.2 Å². The van der Waals surface area contributed by atoms with Gasteiger partial charge in [0.05, 0.1) is 12.5 Å². The highest BCUT2D eigenvalue weighted by Crippen LogP contribution is 2.61. The molecule has 1 aliphatic carbocycles. The van der Waals surface area contributed by atoms with E-state index in [1.165, 1.54) is 7.11 Å². The van der Waals surface area contributed by atoms with Crippen molar-refractivity contribution in [3.8, 4) is 0 Å². The third-order valence-corrected chi connectivity index (χ3v) is 7.86. The van der Waals surface area contributed by atoms with Gasteiger partial charge in [-0.2, -0.15) is 0 Å². The Morgan fingerprint density at radius 3 is 2.00 bits per heavy atom. The summed E-state index contributed by atoms with van der Waals surface area (Å²) >= 11 is 0. The second-order valence-corrected chi connectivity index (χ2v) is 12.1. The predicted octanol–water partition coefficient (Wildman–Crippen LogP) is 11.6. The summed E-state index contributed by atoms with van der Waals surface area (Å²) in [4.78, 5) is 0. The lowest BCUT2D eigenvalue weighted by Gasteiger charge is -2.24. The van der Waals surface area contributed by atoms with Crippen molar-refractivity contribution in [2.24, 2.45) is 5.41 Å². The van der Waals surface area contributed by atoms with Crippen LogP contribution in [0, 0.1) is 11.2 Å². The van der Waals surface area contributed by atoms with Gasteiger partial charge in [0.15, 0.2) is 0 Å². The molecule has 0 heterocycles. The van der Waals surface area contributed by atoms with Crippen molar-refractivity contribution < 1.29 is 17.9 Å². The first-order valence-electron chi connectivity index (χ1n) is 15.4. The number of ether oxygens (including phenoxy) is 1. The zero-order valence-electron chi connectivity index (χ0n) is 28.5. The minimum Gasteiger partial charge on any atom is -0.500 e. The van der Waals surface area contributed by atoms with Gasteiger partial charge in [0.1, 0.15) is 11.6 Å². The smallest absolute Gasteiger partial charge is 0.257 e. The van der Waals surface area contributed by atoms with Gasteiger partial charge in [-0.1, -0.05) is 75.1 Å². The number of hydrogen-bond acceptors (Lipinski definition) is 2. The first kappa shape index (κ1) is 38.6. The van der Waals surface area contributed by atoms with Crippen LogP contribution in [-0.4, -0.2) is 19.1 Å². The molecule has 0 unspecified atom stereocenters. The fraction of sp³-hybridized carbons (Fsp3) is 0.436. The fourth-order valence-corrected chi connectivity index (χ4v) is 4.80. The van der Waals surface area contributed by atoms with Crippen molar-refractivity contribution in [2.75, 3.05) is 7.11 Å². The number of hydrogen-bond donors (Lipinski definition) is 1. The molecule has 5 heteroatoms. The summed E-state index contributed by atoms with van der Waals surface area (Å²) in [6, 6.07) is 5.84. The molecule has 44 heavy (non-hydrogen) atoms. The first-order valence-corrected chi connectivity index (χ1v) is 15.4. The molecule has 1 N–H and O–H groups in total. The molecule has 0 spiro atoms. The average molecular weight is 610 g/mol. The number of halogens is 3. The number of nitrogens with one attached hydrogen (secondary N) is 1. The van der Waals surface area contributed by atoms with Gasteiger partial charge < -0.3 is 10.1 Å². The van der Waals surface area contributed by atoms with E-state index >= 15 is 0 Å². The lowest BCUT2D eigenvalue weighted by atomic mass is 9.95. The lowest BCUT2D eigenvalue weighted by Crippen LogP contribution is -2.28. The number of alkyl halides is 2. The SMILES string of the molecule is C=C(C)/C=C(\OC)C1(C(C)(F)F)CC1.C=C(C)Cc1ccc(C(/C=C(/C=C(\C)C(=C)NC(CC)CC)C(=C)C)=C/C)cc1F. The molecular formula is C39H54F3NO. The number of benzene rings is 1. The highest BCUT2D eigenvalue weighted by molar-refractivity contribution is 5.76. The lowest BCUT2D eigenvalue weighted by molar-refractivity contribution is -0.0564. The summed E-state index contributed by atoms with van der Waals surface area (Å²) in [5, 5.41) is 3.50. The molecule has 0 aromatic heterocycles. The van der Waals surface area contributed by atoms with Gasteiger partial charge in [0.25, 0.3) is 5.92 Å². The Kier molecular flexibility index (Phi) is 15.0. The van der Waals surface area contributed by atoms with Crippen LogP contribution in [0.4, 0.5) is 13.2 Å². The van der Waals surface area contributed by atoms with E-state index in [9.17, 15) is 13.2 Å². The van der Waals surface area contributed by atoms with E-state index in [-0.39, 0.29) is 5.82 Å². The van der Waals surface area contributed by atoms with Crippen LogP contribution >= 0.6 is 0 Å². The summed E-state index contributed by atoms with van der Waals surface area (Å²) in [6.07, 6.45) is 11.4. The quantitative estimate of drug-likeness (QED) is 0.121. The molecule has 0 aliphatic heterocycles. The molecule has 1 aliphatic rings. The van der Waals surface area contributed by atoms with Gasteiger partial charge in [-0.15, -0.1) is 0 Å². The second kappa shape index (κ2) is 17.1. The highest BCUT2D eigenvalue weighted by atomic mass is 19.3. The Hall–Kier alpha value is -3.47. The molecule has 1 fully saturated rings. The molecule has 0 saturated heterocycles. The molecule has 1 saturated carbocycles. The standard InChI is InChI=1S/C28H38FN.C11H16F2O/c1-10-23(24-13-14-25(15-19(4)5)28(29)18-24)17-26(20(6)7)16-21(8)22(9)30-27(11-2)12-3;1-8(2)7-9(14-4)11(5-6-11)10(3,12)13/h10,13-14,16-18,27,30H,4,6,9,11-12,15H2,1-3,5,7-8H3;7H,1,5-6H2,2-4H3/b21-16+,23-10+,26-17-;9-7-. The molecule has 242 valence electrons. The van der Waals surface area contributed by atoms with E-state index in [1.54, 1.807) is 19.1 Å². The van der Waals surface area contributed by atoms with Crippen molar-refractivity contribution in [1.82, 2.24) is 5.32 Å². The van der Waals surface area contributed by atoms with E-state index in [0.29, 0.717) is 36.6 Å². The highest BCUT2D eigenvalue weighted by Gasteiger charge is 2.62. The van der Waals surface area contributed by atoms with Crippen LogP contribution in [0.2, 0.25) is 0 Å². The Morgan fingerprint density at radius 1 is 1.02 bits per heavy atom. The molecule has 2 nitrogen and oxygen atoms in total. The molecule has 0 atom stereocenters. The fourth-order valence-electron chi connectivity index (χ4n) is 4.80. The van der Waals surface area contributed by atoms with E-state index in [4.69, 9.17) is 4.74 Å². The normalized spacial score (nSPS) is 15.3. The molecule has 0 amide bonds. The molecule has 0 radical (unpaired) electrons. The maximum Gasteiger partial charge on any atom is 0.257 e. The molecule has 1 aromatic carbocycles. The van der Waals surface area contributed by atoms with Crippen molar-refractivity contribution in [2.45, 2.75) is 99.5 Å². The molecule has 0 bridgehead atoms. The average Bonchev–Trinajstić information content (AvgIpc) is 3.76. The Morgan fingerprint density at radius 2 is 1.61 bits per heavy atom. The maximum atomic E-state index is 14.6. The molecule has 1 aromatic rings. The molecule has 2 rings (SSSR count). The van der Waals surface area contributed by atoms with Crippen molar-refractivity contribution in [1.29, 1.82) is 0 Å². The first-order chi connectivity index (χ1) is 20.5. The number of methoxy groups -OCH3 is 1. The third kappa shape index (κ3) is 11.2. The van der Waals surface area contributed by atoms with Gasteiger partial charge >= 0.3 is 0 Å². The summed E-state index contributed by atoms with van der Waals surface area (Å²) in [5.41, 5.74) is 7.02. The van der Waals surface area contributed by atoms with Gasteiger partial charge in [-0.25, -0.2) is 13.2 Å². The summed E-state index contributed by atoms with van der Waals surface area (Å²) < 4.78 is 46.2. The number of allylic oxidation sites excluding steroid dienone is 11. The second-order valence-electron chi connectivity index (χ2n) is 12.1. The van der Waals surface area contributed by atoms with Crippen molar-refractivity contribution in [3.05, 3.63) is 125 Å². The van der Waals surface area contributed by atoms with Crippen molar-refractivity contribution >= 4 is 5.57 Å². The van der Waals surface area contributed by atoms with Gasteiger partial charge in [0, 0.05) is 18.7 Å². The minimum absolute atomic E-state index is 0.199. The van der Waals surface area contributed by atoms with Crippen LogP contribution in [0.25, 0.3) is 5.57 Å². The Labute approximate surface area is 265 Å². The Bertz CT molecular complexity index is 1330. The Balaban J connectivity index is 0.000000574. The zero-order chi connectivity index (χ0) is 33.8. The van der Waals surface area contributed by atoms with Gasteiger partial charge in [-0.05, 0) is 119 Å². The summed E-state index contributed by atoms with van der Waals surface area (Å²) in [5.74, 6) is -2.56. The topological polar surface area (TPSA) is 21.3 Å². The maximum absolute atomic E-state index is 14.6. The van der Waals surface area contributed by atoms with Gasteiger partial charge in [0.2, 0.25) is 0 Å². The largest absolute Gasteiger partial charge is 0.500 e. The van der Waals surface area contributed by atoms with E-state index in [1.807, 2.05) is 39.0 Å². The van der Waals surface area contributed by atoms with Crippen LogP contribution < -0.4 is 5.32 Å². The van der Waals surface area contributed by atoms with E-state index < -0.39 is 11.3 Å². The minimum atomic E-state index is -2.72. The van der Waals surface area contributed by atoms with E-state index in [2.05, 4.69) is 64.6 Å². The third-order valence-electron chi connectivity index (χ3n) is 7.86. The van der Waals surface area contributed by atoms with Crippen LogP contribution in [0.15, 0.2) is 108 Å². The van der Waals surface area contributed by atoms with Crippen LogP contribution in [0.5, 0.6) is 0 Å². The predicted molar refractivity (Wildman–Crippen MR) is 184 cm³/mol. The van der Waals surface area contributed by atoms with Crippen LogP contribution in [0.3, 0.4) is 0 Å². The molecular weight excluding hydrogens is 555 g/mol. The zero-order valence-corrected chi connectivity index (χ0v) is 28.5. The van der Waals surface area contributed by atoms with Crippen LogP contribution in [-0.2, 0) is 11.2 Å². The van der Waals surface area contributed by atoms with Crippen molar-refractivity contribution in [3.63, 3.8) is 0 Å².